The predicted molar refractivity (Wildman–Crippen MR) is 80.5 cm³/mol. The summed E-state index contributed by atoms with van der Waals surface area (Å²) in [4.78, 5) is 4.35. The van der Waals surface area contributed by atoms with Crippen LogP contribution >= 0.6 is 0 Å². The van der Waals surface area contributed by atoms with E-state index in [9.17, 15) is 0 Å². The van der Waals surface area contributed by atoms with Gasteiger partial charge >= 0.3 is 0 Å². The van der Waals surface area contributed by atoms with E-state index in [-0.39, 0.29) is 0 Å². The number of aromatic nitrogens is 1. The topological polar surface area (TPSA) is 64.1 Å². The maximum absolute atomic E-state index is 5.55. The minimum absolute atomic E-state index is 0.685. The third-order valence-electron chi connectivity index (χ3n) is 3.30. The number of pyridine rings is 1. The van der Waals surface area contributed by atoms with Crippen molar-refractivity contribution >= 4 is 16.8 Å². The molecule has 0 amide bonds. The molecule has 0 atom stereocenters. The van der Waals surface area contributed by atoms with Crippen LogP contribution in [-0.2, 0) is 13.0 Å². The van der Waals surface area contributed by atoms with Gasteiger partial charge in [0.15, 0.2) is 0 Å². The van der Waals surface area contributed by atoms with Crippen LogP contribution in [0.15, 0.2) is 53.3 Å². The van der Waals surface area contributed by atoms with Gasteiger partial charge in [-0.15, -0.1) is 0 Å². The highest BCUT2D eigenvalue weighted by Crippen LogP contribution is 2.22. The van der Waals surface area contributed by atoms with Crippen molar-refractivity contribution in [2.24, 2.45) is 5.73 Å². The largest absolute Gasteiger partial charge is 0.464 e. The molecule has 3 rings (SSSR count). The first-order valence-electron chi connectivity index (χ1n) is 6.71. The standard InChI is InChI=1S/C16H17N3O/c17-8-5-12-1-3-13(4-2-12)11-19-16-14-7-10-20-15(14)6-9-18-16/h1-4,6-7,9-10H,5,8,11,17H2,(H,18,19). The number of rotatable bonds is 5. The molecular weight excluding hydrogens is 250 g/mol. The van der Waals surface area contributed by atoms with Crippen molar-refractivity contribution in [3.63, 3.8) is 0 Å². The van der Waals surface area contributed by atoms with E-state index < -0.39 is 0 Å². The van der Waals surface area contributed by atoms with Gasteiger partial charge in [0.25, 0.3) is 0 Å². The lowest BCUT2D eigenvalue weighted by Crippen LogP contribution is -2.04. The predicted octanol–water partition coefficient (Wildman–Crippen LogP) is 2.94. The second-order valence-electron chi connectivity index (χ2n) is 4.70. The molecule has 3 aromatic rings. The van der Waals surface area contributed by atoms with Crippen LogP contribution in [0.1, 0.15) is 11.1 Å². The maximum Gasteiger partial charge on any atom is 0.139 e. The molecule has 2 aromatic heterocycles. The molecule has 0 bridgehead atoms. The summed E-state index contributed by atoms with van der Waals surface area (Å²) in [6.07, 6.45) is 4.35. The van der Waals surface area contributed by atoms with Crippen molar-refractivity contribution in [3.8, 4) is 0 Å². The first-order valence-corrected chi connectivity index (χ1v) is 6.71. The van der Waals surface area contributed by atoms with Gasteiger partial charge in [-0.1, -0.05) is 24.3 Å². The zero-order valence-electron chi connectivity index (χ0n) is 11.2. The van der Waals surface area contributed by atoms with E-state index in [2.05, 4.69) is 34.6 Å². The van der Waals surface area contributed by atoms with Gasteiger partial charge in [0.2, 0.25) is 0 Å². The fourth-order valence-electron chi connectivity index (χ4n) is 2.21. The van der Waals surface area contributed by atoms with Crippen molar-refractivity contribution in [1.29, 1.82) is 0 Å². The Balaban J connectivity index is 1.71. The Morgan fingerprint density at radius 2 is 1.85 bits per heavy atom. The smallest absolute Gasteiger partial charge is 0.139 e. The number of fused-ring (bicyclic) bond motifs is 1. The maximum atomic E-state index is 5.55. The van der Waals surface area contributed by atoms with Gasteiger partial charge in [-0.25, -0.2) is 4.98 Å². The summed E-state index contributed by atoms with van der Waals surface area (Å²) in [5.74, 6) is 0.849. The van der Waals surface area contributed by atoms with E-state index in [1.54, 1.807) is 12.5 Å². The molecule has 2 heterocycles. The first-order chi connectivity index (χ1) is 9.86. The number of hydrogen-bond acceptors (Lipinski definition) is 4. The number of nitrogens with two attached hydrogens (primary N) is 1. The highest BCUT2D eigenvalue weighted by Gasteiger charge is 2.04. The summed E-state index contributed by atoms with van der Waals surface area (Å²) in [5.41, 5.74) is 8.88. The summed E-state index contributed by atoms with van der Waals surface area (Å²) in [5, 5.41) is 4.35. The second-order valence-corrected chi connectivity index (χ2v) is 4.70. The van der Waals surface area contributed by atoms with Crippen molar-refractivity contribution < 1.29 is 4.42 Å². The van der Waals surface area contributed by atoms with Crippen LogP contribution in [0, 0.1) is 0 Å². The molecule has 0 saturated heterocycles. The molecule has 0 radical (unpaired) electrons. The minimum Gasteiger partial charge on any atom is -0.464 e. The lowest BCUT2D eigenvalue weighted by molar-refractivity contribution is 0.615. The van der Waals surface area contributed by atoms with Crippen molar-refractivity contribution in [3.05, 3.63) is 60.0 Å². The number of benzene rings is 1. The van der Waals surface area contributed by atoms with Crippen molar-refractivity contribution in [1.82, 2.24) is 4.98 Å². The Hall–Kier alpha value is -2.33. The number of furan rings is 1. The fourth-order valence-corrected chi connectivity index (χ4v) is 2.21. The van der Waals surface area contributed by atoms with E-state index in [0.29, 0.717) is 6.54 Å². The highest BCUT2D eigenvalue weighted by molar-refractivity contribution is 5.87. The molecule has 20 heavy (non-hydrogen) atoms. The summed E-state index contributed by atoms with van der Waals surface area (Å²) in [7, 11) is 0. The molecule has 0 unspecified atom stereocenters. The molecule has 4 heteroatoms. The highest BCUT2D eigenvalue weighted by atomic mass is 16.3. The van der Waals surface area contributed by atoms with Gasteiger partial charge < -0.3 is 15.5 Å². The molecule has 0 aliphatic heterocycles. The average molecular weight is 267 g/mol. The molecule has 102 valence electrons. The van der Waals surface area contributed by atoms with E-state index >= 15 is 0 Å². The van der Waals surface area contributed by atoms with E-state index in [4.69, 9.17) is 10.2 Å². The van der Waals surface area contributed by atoms with Gasteiger partial charge in [-0.05, 0) is 36.2 Å². The van der Waals surface area contributed by atoms with Crippen LogP contribution < -0.4 is 11.1 Å². The Kier molecular flexibility index (Phi) is 3.65. The zero-order chi connectivity index (χ0) is 13.8. The van der Waals surface area contributed by atoms with Gasteiger partial charge in [-0.2, -0.15) is 0 Å². The average Bonchev–Trinajstić information content (AvgIpc) is 2.96. The van der Waals surface area contributed by atoms with Gasteiger partial charge in [-0.3, -0.25) is 0 Å². The number of hydrogen-bond donors (Lipinski definition) is 2. The van der Waals surface area contributed by atoms with Crippen molar-refractivity contribution in [2.45, 2.75) is 13.0 Å². The van der Waals surface area contributed by atoms with E-state index in [1.807, 2.05) is 12.1 Å². The zero-order valence-corrected chi connectivity index (χ0v) is 11.2. The summed E-state index contributed by atoms with van der Waals surface area (Å²) < 4.78 is 5.36. The van der Waals surface area contributed by atoms with Crippen molar-refractivity contribution in [2.75, 3.05) is 11.9 Å². The number of nitrogens with zero attached hydrogens (tertiary/aromatic N) is 1. The molecular formula is C16H17N3O. The Morgan fingerprint density at radius 3 is 2.65 bits per heavy atom. The quantitative estimate of drug-likeness (QED) is 0.746. The van der Waals surface area contributed by atoms with Gasteiger partial charge in [0.05, 0.1) is 11.6 Å². The molecule has 0 saturated carbocycles. The van der Waals surface area contributed by atoms with Gasteiger partial charge in [0.1, 0.15) is 11.4 Å². The Labute approximate surface area is 117 Å². The molecule has 4 nitrogen and oxygen atoms in total. The SMILES string of the molecule is NCCc1ccc(CNc2nccc3occc23)cc1. The van der Waals surface area contributed by atoms with Crippen LogP contribution in [-0.4, -0.2) is 11.5 Å². The van der Waals surface area contributed by atoms with E-state index in [0.717, 1.165) is 29.8 Å². The minimum atomic E-state index is 0.685. The third kappa shape index (κ3) is 2.65. The van der Waals surface area contributed by atoms with E-state index in [1.165, 1.54) is 11.1 Å². The lowest BCUT2D eigenvalue weighted by Gasteiger charge is -2.07. The third-order valence-corrected chi connectivity index (χ3v) is 3.30. The van der Waals surface area contributed by atoms with Crippen LogP contribution in [0.3, 0.4) is 0 Å². The first kappa shape index (κ1) is 12.7. The molecule has 0 spiro atoms. The number of anilines is 1. The molecule has 0 aliphatic carbocycles. The summed E-state index contributed by atoms with van der Waals surface area (Å²) in [6, 6.07) is 12.3. The van der Waals surface area contributed by atoms with Crippen LogP contribution in [0.25, 0.3) is 11.0 Å². The second kappa shape index (κ2) is 5.75. The van der Waals surface area contributed by atoms with Crippen LogP contribution in [0.4, 0.5) is 5.82 Å². The fraction of sp³-hybridized carbons (Fsp3) is 0.188. The Morgan fingerprint density at radius 1 is 1.05 bits per heavy atom. The molecule has 0 fully saturated rings. The van der Waals surface area contributed by atoms with Crippen LogP contribution in [0.2, 0.25) is 0 Å². The summed E-state index contributed by atoms with van der Waals surface area (Å²) in [6.45, 7) is 1.42. The molecule has 1 aromatic carbocycles. The van der Waals surface area contributed by atoms with Gasteiger partial charge in [0, 0.05) is 12.7 Å². The molecule has 3 N–H and O–H groups in total. The normalized spacial score (nSPS) is 10.8. The van der Waals surface area contributed by atoms with Crippen LogP contribution in [0.5, 0.6) is 0 Å². The monoisotopic (exact) mass is 267 g/mol. The Bertz CT molecular complexity index is 688. The number of nitrogens with one attached hydrogen (secondary N) is 1. The summed E-state index contributed by atoms with van der Waals surface area (Å²) >= 11 is 0. The molecule has 0 aliphatic rings. The lowest BCUT2D eigenvalue weighted by atomic mass is 10.1.